The molecule has 32 heavy (non-hydrogen) atoms. The van der Waals surface area contributed by atoms with Crippen LogP contribution in [0.4, 0.5) is 5.69 Å². The molecule has 1 N–H and O–H groups in total. The number of methoxy groups -OCH3 is 1. The lowest BCUT2D eigenvalue weighted by molar-refractivity contribution is -0.126. The number of anilines is 1. The molecule has 1 saturated carbocycles. The summed E-state index contributed by atoms with van der Waals surface area (Å²) in [6.07, 6.45) is 4.68. The first-order valence-electron chi connectivity index (χ1n) is 11.6. The highest BCUT2D eigenvalue weighted by molar-refractivity contribution is 7.89. The summed E-state index contributed by atoms with van der Waals surface area (Å²) >= 11 is 0. The summed E-state index contributed by atoms with van der Waals surface area (Å²) in [7, 11) is -2.06. The van der Waals surface area contributed by atoms with Crippen LogP contribution in [0.3, 0.4) is 0 Å². The number of ether oxygens (including phenoxy) is 1. The minimum absolute atomic E-state index is 0.0400. The van der Waals surface area contributed by atoms with E-state index in [0.29, 0.717) is 45.5 Å². The average Bonchev–Trinajstić information content (AvgIpc) is 3.07. The van der Waals surface area contributed by atoms with E-state index in [0.717, 1.165) is 30.5 Å². The maximum absolute atomic E-state index is 13.3. The number of sulfonamides is 1. The summed E-state index contributed by atoms with van der Waals surface area (Å²) in [6, 6.07) is 5.19. The molecule has 1 atom stereocenters. The van der Waals surface area contributed by atoms with E-state index in [1.54, 1.807) is 25.3 Å². The topological polar surface area (TPSA) is 96.0 Å². The number of hydrogen-bond donors (Lipinski definition) is 1. The van der Waals surface area contributed by atoms with Crippen molar-refractivity contribution in [1.82, 2.24) is 9.62 Å². The smallest absolute Gasteiger partial charge is 0.243 e. The third kappa shape index (κ3) is 4.43. The molecular weight excluding hydrogens is 430 g/mol. The van der Waals surface area contributed by atoms with Crippen molar-refractivity contribution in [3.05, 3.63) is 23.8 Å². The number of piperidine rings is 1. The fourth-order valence-corrected chi connectivity index (χ4v) is 6.40. The van der Waals surface area contributed by atoms with Crippen molar-refractivity contribution in [1.29, 1.82) is 0 Å². The Kier molecular flexibility index (Phi) is 6.88. The van der Waals surface area contributed by atoms with E-state index in [9.17, 15) is 18.0 Å². The molecule has 8 nitrogen and oxygen atoms in total. The van der Waals surface area contributed by atoms with Crippen LogP contribution in [-0.4, -0.2) is 63.9 Å². The maximum Gasteiger partial charge on any atom is 0.243 e. The van der Waals surface area contributed by atoms with E-state index in [1.807, 2.05) is 11.8 Å². The molecule has 1 aromatic rings. The lowest BCUT2D eigenvalue weighted by atomic mass is 9.84. The Morgan fingerprint density at radius 2 is 1.84 bits per heavy atom. The zero-order valence-electron chi connectivity index (χ0n) is 18.9. The number of nitrogens with zero attached hydrogens (tertiary/aromatic N) is 2. The number of amides is 2. The second-order valence-corrected chi connectivity index (χ2v) is 11.1. The minimum Gasteiger partial charge on any atom is -0.383 e. The largest absolute Gasteiger partial charge is 0.383 e. The van der Waals surface area contributed by atoms with Gasteiger partial charge in [0.15, 0.2) is 0 Å². The van der Waals surface area contributed by atoms with Gasteiger partial charge in [-0.3, -0.25) is 9.59 Å². The molecule has 0 bridgehead atoms. The normalized spacial score (nSPS) is 22.4. The molecule has 2 aliphatic heterocycles. The lowest BCUT2D eigenvalue weighted by Crippen LogP contribution is -2.43. The van der Waals surface area contributed by atoms with E-state index < -0.39 is 10.0 Å². The van der Waals surface area contributed by atoms with Gasteiger partial charge in [-0.05, 0) is 62.8 Å². The van der Waals surface area contributed by atoms with Gasteiger partial charge in [0.1, 0.15) is 0 Å². The van der Waals surface area contributed by atoms with Crippen LogP contribution in [0, 0.1) is 11.8 Å². The van der Waals surface area contributed by atoms with E-state index in [1.165, 1.54) is 4.31 Å². The quantitative estimate of drug-likeness (QED) is 0.624. The van der Waals surface area contributed by atoms with Crippen molar-refractivity contribution in [2.24, 2.45) is 11.8 Å². The van der Waals surface area contributed by atoms with Gasteiger partial charge in [0.05, 0.1) is 11.5 Å². The number of carbonyl (C=O) groups is 2. The molecule has 0 aromatic heterocycles. The van der Waals surface area contributed by atoms with Gasteiger partial charge in [-0.15, -0.1) is 0 Å². The number of hydrogen-bond acceptors (Lipinski definition) is 5. The van der Waals surface area contributed by atoms with E-state index in [4.69, 9.17) is 4.74 Å². The second-order valence-electron chi connectivity index (χ2n) is 9.14. The fourth-order valence-electron chi connectivity index (χ4n) is 4.88. The molecule has 0 radical (unpaired) electrons. The van der Waals surface area contributed by atoms with E-state index >= 15 is 0 Å². The summed E-state index contributed by atoms with van der Waals surface area (Å²) < 4.78 is 32.9. The van der Waals surface area contributed by atoms with Crippen LogP contribution in [0.25, 0.3) is 0 Å². The molecule has 2 fully saturated rings. The van der Waals surface area contributed by atoms with Crippen molar-refractivity contribution in [2.75, 3.05) is 38.3 Å². The van der Waals surface area contributed by atoms with Crippen molar-refractivity contribution < 1.29 is 22.7 Å². The van der Waals surface area contributed by atoms with Crippen LogP contribution in [0.5, 0.6) is 0 Å². The van der Waals surface area contributed by atoms with Gasteiger partial charge in [-0.25, -0.2) is 8.42 Å². The molecule has 0 unspecified atom stereocenters. The van der Waals surface area contributed by atoms with Crippen LogP contribution in [0.1, 0.15) is 44.6 Å². The van der Waals surface area contributed by atoms with E-state index in [-0.39, 0.29) is 34.6 Å². The summed E-state index contributed by atoms with van der Waals surface area (Å²) in [5.74, 6) is 0.0656. The number of nitrogens with one attached hydrogen (secondary N) is 1. The fraction of sp³-hybridized carbons (Fsp3) is 0.652. The van der Waals surface area contributed by atoms with E-state index in [2.05, 4.69) is 5.32 Å². The Morgan fingerprint density at radius 3 is 2.47 bits per heavy atom. The molecule has 2 amide bonds. The Bertz CT molecular complexity index is 968. The average molecular weight is 464 g/mol. The van der Waals surface area contributed by atoms with Crippen LogP contribution < -0.4 is 10.2 Å². The molecule has 1 saturated heterocycles. The van der Waals surface area contributed by atoms with Crippen LogP contribution in [0.2, 0.25) is 0 Å². The molecule has 1 aliphatic carbocycles. The zero-order chi connectivity index (χ0) is 22.9. The van der Waals surface area contributed by atoms with Gasteiger partial charge in [-0.1, -0.05) is 6.42 Å². The van der Waals surface area contributed by atoms with Gasteiger partial charge in [0, 0.05) is 50.3 Å². The Labute approximate surface area is 190 Å². The van der Waals surface area contributed by atoms with Gasteiger partial charge in [0.25, 0.3) is 0 Å². The number of carbonyl (C=O) groups excluding carboxylic acids is 2. The summed E-state index contributed by atoms with van der Waals surface area (Å²) in [5.41, 5.74) is 1.76. The third-order valence-corrected chi connectivity index (χ3v) is 8.92. The predicted molar refractivity (Wildman–Crippen MR) is 121 cm³/mol. The summed E-state index contributed by atoms with van der Waals surface area (Å²) in [4.78, 5) is 27.2. The third-order valence-electron chi connectivity index (χ3n) is 7.03. The highest BCUT2D eigenvalue weighted by atomic mass is 32.2. The van der Waals surface area contributed by atoms with Crippen LogP contribution in [-0.2, 0) is 30.8 Å². The number of rotatable bonds is 7. The Morgan fingerprint density at radius 1 is 1.12 bits per heavy atom. The molecule has 176 valence electrons. The lowest BCUT2D eigenvalue weighted by Gasteiger charge is -2.32. The summed E-state index contributed by atoms with van der Waals surface area (Å²) in [5, 5.41) is 2.84. The number of fused-ring (bicyclic) bond motifs is 1. The molecule has 9 heteroatoms. The monoisotopic (exact) mass is 463 g/mol. The minimum atomic E-state index is -3.64. The molecular formula is C23H33N3O5S. The standard InChI is InChI=1S/C23H33N3O5S/c1-16-14-19-15-20(6-7-21(19)26(16)23(28)18-4-3-5-18)32(29,30)25-11-8-17(9-12-25)22(27)24-10-13-31-2/h6-7,15-18H,3-5,8-14H2,1-2H3,(H,24,27)/t16-/m1/s1. The predicted octanol–water partition coefficient (Wildman–Crippen LogP) is 1.93. The first kappa shape index (κ1) is 23.2. The van der Waals surface area contributed by atoms with Gasteiger partial charge in [0.2, 0.25) is 21.8 Å². The number of benzene rings is 1. The SMILES string of the molecule is COCCNC(=O)C1CCN(S(=O)(=O)c2ccc3c(c2)C[C@@H](C)N3C(=O)C2CCC2)CC1. The van der Waals surface area contributed by atoms with Crippen molar-refractivity contribution >= 4 is 27.5 Å². The van der Waals surface area contributed by atoms with Crippen molar-refractivity contribution in [3.63, 3.8) is 0 Å². The van der Waals surface area contributed by atoms with Crippen LogP contribution in [0.15, 0.2) is 23.1 Å². The Hall–Kier alpha value is -1.97. The molecule has 0 spiro atoms. The Balaban J connectivity index is 1.42. The first-order chi connectivity index (χ1) is 15.3. The highest BCUT2D eigenvalue weighted by Gasteiger charge is 2.38. The first-order valence-corrected chi connectivity index (χ1v) is 13.0. The van der Waals surface area contributed by atoms with Gasteiger partial charge in [-0.2, -0.15) is 4.31 Å². The molecule has 4 rings (SSSR count). The maximum atomic E-state index is 13.3. The molecule has 1 aromatic carbocycles. The van der Waals surface area contributed by atoms with Gasteiger partial charge >= 0.3 is 0 Å². The second kappa shape index (κ2) is 9.49. The van der Waals surface area contributed by atoms with Crippen LogP contribution >= 0.6 is 0 Å². The van der Waals surface area contributed by atoms with Gasteiger partial charge < -0.3 is 15.0 Å². The van der Waals surface area contributed by atoms with Crippen molar-refractivity contribution in [3.8, 4) is 0 Å². The molecule has 3 aliphatic rings. The summed E-state index contributed by atoms with van der Waals surface area (Å²) in [6.45, 7) is 3.59. The van der Waals surface area contributed by atoms with Crippen molar-refractivity contribution in [2.45, 2.75) is 56.4 Å². The zero-order valence-corrected chi connectivity index (χ0v) is 19.7. The highest BCUT2D eigenvalue weighted by Crippen LogP contribution is 2.38. The molecule has 2 heterocycles.